The van der Waals surface area contributed by atoms with Gasteiger partial charge in [-0.05, 0) is 20.3 Å². The molecule has 4 nitrogen and oxygen atoms in total. The molecule has 0 atom stereocenters. The van der Waals surface area contributed by atoms with Crippen molar-refractivity contribution in [1.29, 1.82) is 0 Å². The number of halogens is 3. The summed E-state index contributed by atoms with van der Waals surface area (Å²) in [5.41, 5.74) is -5.53. The van der Waals surface area contributed by atoms with Crippen LogP contribution in [0.25, 0.3) is 0 Å². The molecule has 0 saturated heterocycles. The summed E-state index contributed by atoms with van der Waals surface area (Å²) >= 11 is 4.23. The molecule has 0 amide bonds. The van der Waals surface area contributed by atoms with Crippen molar-refractivity contribution < 1.29 is 30.9 Å². The molecular formula is C11H21F3O4S2. The highest BCUT2D eigenvalue weighted by Crippen LogP contribution is 2.20. The maximum atomic E-state index is 11.4. The normalized spacial score (nSPS) is 12.6. The second-order valence-electron chi connectivity index (χ2n) is 4.71. The van der Waals surface area contributed by atoms with Crippen LogP contribution in [0.5, 0.6) is 0 Å². The minimum Gasteiger partial charge on any atom is -0.298 e. The highest BCUT2D eigenvalue weighted by molar-refractivity contribution is 7.86. The molecule has 0 radical (unpaired) electrons. The Labute approximate surface area is 123 Å². The Morgan fingerprint density at radius 2 is 1.55 bits per heavy atom. The minimum atomic E-state index is -5.84. The van der Waals surface area contributed by atoms with Crippen LogP contribution in [-0.2, 0) is 14.9 Å². The summed E-state index contributed by atoms with van der Waals surface area (Å²) in [5.74, 6) is 0.266. The van der Waals surface area contributed by atoms with Crippen molar-refractivity contribution in [3.8, 4) is 0 Å². The predicted molar refractivity (Wildman–Crippen MR) is 74.4 cm³/mol. The fourth-order valence-electron chi connectivity index (χ4n) is 1.02. The first-order valence-corrected chi connectivity index (χ1v) is 7.91. The van der Waals surface area contributed by atoms with Crippen LogP contribution in [0.15, 0.2) is 0 Å². The number of unbranched alkanes of at least 4 members (excludes halogenated alkanes) is 3. The van der Waals surface area contributed by atoms with Gasteiger partial charge >= 0.3 is 15.6 Å². The fourth-order valence-corrected chi connectivity index (χ4v) is 1.13. The van der Waals surface area contributed by atoms with Crippen LogP contribution < -0.4 is 0 Å². The van der Waals surface area contributed by atoms with Gasteiger partial charge in [0.2, 0.25) is 0 Å². The van der Waals surface area contributed by atoms with E-state index >= 15 is 0 Å². The number of hydrogen-bond acceptors (Lipinski definition) is 4. The lowest BCUT2D eigenvalue weighted by atomic mass is 10.0. The van der Waals surface area contributed by atoms with Gasteiger partial charge in [-0.2, -0.15) is 34.2 Å². The molecule has 0 rings (SSSR count). The lowest BCUT2D eigenvalue weighted by Crippen LogP contribution is -2.24. The van der Waals surface area contributed by atoms with Gasteiger partial charge in [0.25, 0.3) is 0 Å². The van der Waals surface area contributed by atoms with Crippen LogP contribution in [0.4, 0.5) is 13.2 Å². The van der Waals surface area contributed by atoms with Gasteiger partial charge in [-0.25, -0.2) is 0 Å². The van der Waals surface area contributed by atoms with Crippen molar-refractivity contribution in [2.24, 2.45) is 0 Å². The van der Waals surface area contributed by atoms with E-state index in [4.69, 9.17) is 13.0 Å². The molecule has 0 saturated carbocycles. The number of carbonyl (C=O) groups is 1. The zero-order valence-corrected chi connectivity index (χ0v) is 13.4. The summed E-state index contributed by atoms with van der Waals surface area (Å²) in [6.45, 7) is 5.89. The van der Waals surface area contributed by atoms with Gasteiger partial charge in [-0.1, -0.05) is 26.2 Å². The Balaban J connectivity index is 0. The Bertz CT molecular complexity index is 383. The average molecular weight is 338 g/mol. The summed E-state index contributed by atoms with van der Waals surface area (Å²) in [4.78, 5) is 11.4. The van der Waals surface area contributed by atoms with Crippen LogP contribution in [0, 0.1) is 0 Å². The molecule has 0 aliphatic carbocycles. The summed E-state index contributed by atoms with van der Waals surface area (Å²) in [7, 11) is -5.84. The molecule has 0 fully saturated rings. The second-order valence-corrected chi connectivity index (χ2v) is 7.24. The van der Waals surface area contributed by atoms with Crippen molar-refractivity contribution in [2.75, 3.05) is 0 Å². The molecular weight excluding hydrogens is 317 g/mol. The number of carbonyl (C=O) groups excluding carboxylic acids is 1. The number of Topliss-reactive ketones (excluding diaryl/α,β-unsaturated/α-hetero) is 1. The van der Waals surface area contributed by atoms with E-state index in [9.17, 15) is 18.0 Å². The number of rotatable bonds is 6. The maximum absolute atomic E-state index is 11.4. The van der Waals surface area contributed by atoms with Crippen molar-refractivity contribution in [3.05, 3.63) is 0 Å². The molecule has 1 N–H and O–H groups in total. The van der Waals surface area contributed by atoms with Crippen LogP contribution in [0.1, 0.15) is 52.9 Å². The van der Waals surface area contributed by atoms with E-state index in [-0.39, 0.29) is 5.78 Å². The van der Waals surface area contributed by atoms with E-state index in [0.717, 1.165) is 6.42 Å². The Morgan fingerprint density at radius 1 is 1.15 bits per heavy atom. The van der Waals surface area contributed by atoms with E-state index in [1.165, 1.54) is 19.3 Å². The maximum Gasteiger partial charge on any atom is 0.522 e. The van der Waals surface area contributed by atoms with E-state index in [1.807, 2.05) is 13.8 Å². The molecule has 0 aromatic heterocycles. The quantitative estimate of drug-likeness (QED) is 0.336. The first kappa shape index (κ1) is 22.0. The Morgan fingerprint density at radius 3 is 1.80 bits per heavy atom. The monoisotopic (exact) mass is 338 g/mol. The third-order valence-electron chi connectivity index (χ3n) is 2.23. The summed E-state index contributed by atoms with van der Waals surface area (Å²) in [5, 5.41) is 0. The van der Waals surface area contributed by atoms with Crippen molar-refractivity contribution in [3.63, 3.8) is 0 Å². The predicted octanol–water partition coefficient (Wildman–Crippen LogP) is 3.63. The first-order valence-electron chi connectivity index (χ1n) is 6.03. The molecule has 122 valence electrons. The highest BCUT2D eigenvalue weighted by atomic mass is 32.2. The van der Waals surface area contributed by atoms with Crippen LogP contribution in [0.3, 0.4) is 0 Å². The van der Waals surface area contributed by atoms with Gasteiger partial charge in [0.15, 0.2) is 0 Å². The molecule has 20 heavy (non-hydrogen) atoms. The largest absolute Gasteiger partial charge is 0.522 e. The number of ketones is 1. The van der Waals surface area contributed by atoms with E-state index in [2.05, 4.69) is 19.6 Å². The van der Waals surface area contributed by atoms with Crippen LogP contribution >= 0.6 is 12.6 Å². The van der Waals surface area contributed by atoms with Gasteiger partial charge < -0.3 is 0 Å². The molecule has 0 spiro atoms. The smallest absolute Gasteiger partial charge is 0.298 e. The SMILES string of the molecule is CCCCCCC(=O)C(C)(C)S.O=S(=O)(O)C(F)(F)F. The minimum absolute atomic E-state index is 0.266. The van der Waals surface area contributed by atoms with Crippen molar-refractivity contribution in [1.82, 2.24) is 0 Å². The van der Waals surface area contributed by atoms with Gasteiger partial charge in [0.1, 0.15) is 5.78 Å². The number of hydrogen-bond donors (Lipinski definition) is 2. The van der Waals surface area contributed by atoms with E-state index < -0.39 is 20.4 Å². The molecule has 0 aliphatic rings. The lowest BCUT2D eigenvalue weighted by Gasteiger charge is -2.14. The fraction of sp³-hybridized carbons (Fsp3) is 0.909. The van der Waals surface area contributed by atoms with Gasteiger partial charge in [0.05, 0.1) is 4.75 Å². The third kappa shape index (κ3) is 11.5. The number of thiol groups is 1. The third-order valence-corrected chi connectivity index (χ3v) is 3.07. The first-order chi connectivity index (χ1) is 8.73. The zero-order valence-electron chi connectivity index (χ0n) is 11.7. The molecule has 0 heterocycles. The lowest BCUT2D eigenvalue weighted by molar-refractivity contribution is -0.120. The van der Waals surface area contributed by atoms with Gasteiger partial charge in [-0.3, -0.25) is 9.35 Å². The summed E-state index contributed by atoms with van der Waals surface area (Å²) < 4.78 is 57.1. The van der Waals surface area contributed by atoms with Gasteiger partial charge in [0, 0.05) is 6.42 Å². The molecule has 0 bridgehead atoms. The molecule has 0 unspecified atom stereocenters. The molecule has 0 aromatic carbocycles. The van der Waals surface area contributed by atoms with Crippen molar-refractivity contribution in [2.45, 2.75) is 63.1 Å². The molecule has 9 heteroatoms. The molecule has 0 aromatic rings. The highest BCUT2D eigenvalue weighted by Gasteiger charge is 2.44. The van der Waals surface area contributed by atoms with Crippen molar-refractivity contribution >= 4 is 28.5 Å². The number of alkyl halides is 3. The topological polar surface area (TPSA) is 71.4 Å². The molecule has 0 aliphatic heterocycles. The second kappa shape index (κ2) is 8.89. The Hall–Kier alpha value is -0.280. The van der Waals surface area contributed by atoms with Crippen LogP contribution in [-0.4, -0.2) is 29.0 Å². The van der Waals surface area contributed by atoms with E-state index in [1.54, 1.807) is 0 Å². The summed E-state index contributed by atoms with van der Waals surface area (Å²) in [6, 6.07) is 0. The van der Waals surface area contributed by atoms with E-state index in [0.29, 0.717) is 6.42 Å². The summed E-state index contributed by atoms with van der Waals surface area (Å²) in [6.07, 6.45) is 5.35. The van der Waals surface area contributed by atoms with Crippen LogP contribution in [0.2, 0.25) is 0 Å². The Kier molecular flexibility index (Phi) is 9.78. The average Bonchev–Trinajstić information content (AvgIpc) is 2.20. The van der Waals surface area contributed by atoms with Gasteiger partial charge in [-0.15, -0.1) is 0 Å². The zero-order chi connectivity index (χ0) is 16.6. The standard InChI is InChI=1S/C10H20OS.CHF3O3S/c1-4-5-6-7-8-9(11)10(2,3)12;2-1(3,4)8(5,6)7/h12H,4-8H2,1-3H3;(H,5,6,7).